The third-order valence-corrected chi connectivity index (χ3v) is 4.81. The lowest BCUT2D eigenvalue weighted by Crippen LogP contribution is -2.35. The highest BCUT2D eigenvalue weighted by molar-refractivity contribution is 5.98. The molecular weight excluding hydrogens is 431 g/mol. The molecule has 1 N–H and O–H groups in total. The number of nitrogens with one attached hydrogen (secondary N) is 1. The van der Waals surface area contributed by atoms with E-state index in [1.165, 1.54) is 0 Å². The molecule has 0 radical (unpaired) electrons. The van der Waals surface area contributed by atoms with Gasteiger partial charge in [0.05, 0.1) is 4.92 Å². The van der Waals surface area contributed by atoms with Gasteiger partial charge < -0.3 is 15.0 Å². The number of ether oxygens (including phenoxy) is 1. The maximum atomic E-state index is 12.6. The molecule has 0 spiro atoms. The number of alkyl halides is 3. The van der Waals surface area contributed by atoms with Crippen LogP contribution in [0.25, 0.3) is 0 Å². The van der Waals surface area contributed by atoms with Gasteiger partial charge in [-0.3, -0.25) is 19.7 Å². The Balaban J connectivity index is 1.73. The first-order valence-corrected chi connectivity index (χ1v) is 9.79. The molecule has 1 aliphatic rings. The lowest BCUT2D eigenvalue weighted by molar-refractivity contribution is -0.385. The monoisotopic (exact) mass is 451 g/mol. The summed E-state index contributed by atoms with van der Waals surface area (Å²) in [7, 11) is 0. The standard InChI is InChI=1S/C21H20F3N3O5/c22-21(23,24)13-32-16-7-8-18(27(30)31)17(11-16)20(29)25-12-14-4-3-5-15(10-14)26-9-2-1-6-19(26)28/h3-5,7-8,10-11H,1-2,6,9,12-13H2,(H,25,29). The minimum atomic E-state index is -4.59. The van der Waals surface area contributed by atoms with Crippen molar-refractivity contribution in [1.82, 2.24) is 5.32 Å². The van der Waals surface area contributed by atoms with E-state index in [2.05, 4.69) is 10.1 Å². The van der Waals surface area contributed by atoms with Gasteiger partial charge >= 0.3 is 6.18 Å². The first-order valence-electron chi connectivity index (χ1n) is 9.79. The van der Waals surface area contributed by atoms with Crippen molar-refractivity contribution in [2.75, 3.05) is 18.1 Å². The summed E-state index contributed by atoms with van der Waals surface area (Å²) in [5.74, 6) is -1.14. The Kier molecular flexibility index (Phi) is 6.96. The van der Waals surface area contributed by atoms with Gasteiger partial charge in [-0.15, -0.1) is 0 Å². The molecule has 0 aromatic heterocycles. The van der Waals surface area contributed by atoms with E-state index < -0.39 is 34.9 Å². The van der Waals surface area contributed by atoms with Crippen LogP contribution in [-0.2, 0) is 11.3 Å². The van der Waals surface area contributed by atoms with E-state index in [9.17, 15) is 32.9 Å². The highest BCUT2D eigenvalue weighted by Gasteiger charge is 2.29. The van der Waals surface area contributed by atoms with Crippen LogP contribution in [0.3, 0.4) is 0 Å². The molecule has 0 atom stereocenters. The van der Waals surface area contributed by atoms with Crippen LogP contribution < -0.4 is 15.0 Å². The first kappa shape index (κ1) is 23.0. The van der Waals surface area contributed by atoms with Gasteiger partial charge in [-0.1, -0.05) is 12.1 Å². The van der Waals surface area contributed by atoms with E-state index in [1.807, 2.05) is 0 Å². The zero-order chi connectivity index (χ0) is 23.3. The number of carbonyl (C=O) groups excluding carboxylic acids is 2. The summed E-state index contributed by atoms with van der Waals surface area (Å²) in [5, 5.41) is 13.8. The van der Waals surface area contributed by atoms with Gasteiger partial charge in [0.15, 0.2) is 6.61 Å². The minimum Gasteiger partial charge on any atom is -0.484 e. The molecule has 2 aromatic carbocycles. The normalized spacial score (nSPS) is 14.2. The first-order chi connectivity index (χ1) is 15.1. The summed E-state index contributed by atoms with van der Waals surface area (Å²) in [6, 6.07) is 9.79. The molecule has 1 fully saturated rings. The van der Waals surface area contributed by atoms with Crippen molar-refractivity contribution in [2.24, 2.45) is 0 Å². The summed E-state index contributed by atoms with van der Waals surface area (Å²) in [6.07, 6.45) is -2.39. The molecule has 32 heavy (non-hydrogen) atoms. The largest absolute Gasteiger partial charge is 0.484 e. The van der Waals surface area contributed by atoms with Crippen molar-refractivity contribution < 1.29 is 32.4 Å². The highest BCUT2D eigenvalue weighted by atomic mass is 19.4. The van der Waals surface area contributed by atoms with Gasteiger partial charge in [0, 0.05) is 31.3 Å². The average Bonchev–Trinajstić information content (AvgIpc) is 2.76. The molecule has 2 aromatic rings. The number of nitrogens with zero attached hydrogens (tertiary/aromatic N) is 2. The zero-order valence-corrected chi connectivity index (χ0v) is 16.9. The lowest BCUT2D eigenvalue weighted by Gasteiger charge is -2.27. The van der Waals surface area contributed by atoms with Crippen molar-refractivity contribution in [3.05, 3.63) is 63.7 Å². The number of hydrogen-bond donors (Lipinski definition) is 1. The third kappa shape index (κ3) is 5.96. The van der Waals surface area contributed by atoms with Gasteiger partial charge in [0.25, 0.3) is 11.6 Å². The van der Waals surface area contributed by atoms with Crippen LogP contribution in [0.5, 0.6) is 5.75 Å². The number of halogens is 3. The van der Waals surface area contributed by atoms with Crippen LogP contribution in [-0.4, -0.2) is 36.1 Å². The Morgan fingerprint density at radius 2 is 1.97 bits per heavy atom. The van der Waals surface area contributed by atoms with Crippen molar-refractivity contribution in [2.45, 2.75) is 32.0 Å². The summed E-state index contributed by atoms with van der Waals surface area (Å²) >= 11 is 0. The van der Waals surface area contributed by atoms with E-state index >= 15 is 0 Å². The molecule has 8 nitrogen and oxygen atoms in total. The second kappa shape index (κ2) is 9.67. The number of hydrogen-bond acceptors (Lipinski definition) is 5. The molecule has 170 valence electrons. The Morgan fingerprint density at radius 3 is 2.66 bits per heavy atom. The van der Waals surface area contributed by atoms with Crippen LogP contribution in [0.1, 0.15) is 35.2 Å². The van der Waals surface area contributed by atoms with Crippen LogP contribution >= 0.6 is 0 Å². The molecular formula is C21H20F3N3O5. The molecule has 2 amide bonds. The van der Waals surface area contributed by atoms with Gasteiger partial charge in [0.2, 0.25) is 5.91 Å². The molecule has 0 saturated carbocycles. The SMILES string of the molecule is O=C(NCc1cccc(N2CCCCC2=O)c1)c1cc(OCC(F)(F)F)ccc1[N+](=O)[O-]. The van der Waals surface area contributed by atoms with Crippen LogP contribution in [0, 0.1) is 10.1 Å². The van der Waals surface area contributed by atoms with Gasteiger partial charge in [-0.05, 0) is 42.7 Å². The number of nitro groups is 1. The Hall–Kier alpha value is -3.63. The number of carbonyl (C=O) groups is 2. The Bertz CT molecular complexity index is 1030. The average molecular weight is 451 g/mol. The van der Waals surface area contributed by atoms with Crippen molar-refractivity contribution in [1.29, 1.82) is 0 Å². The maximum Gasteiger partial charge on any atom is 0.422 e. The number of benzene rings is 2. The highest BCUT2D eigenvalue weighted by Crippen LogP contribution is 2.26. The molecule has 1 heterocycles. The summed E-state index contributed by atoms with van der Waals surface area (Å²) < 4.78 is 41.7. The molecule has 0 bridgehead atoms. The molecule has 1 aliphatic heterocycles. The van der Waals surface area contributed by atoms with Crippen LogP contribution in [0.4, 0.5) is 24.5 Å². The van der Waals surface area contributed by atoms with E-state index in [4.69, 9.17) is 0 Å². The summed E-state index contributed by atoms with van der Waals surface area (Å²) in [5.41, 5.74) is 0.364. The number of nitro benzene ring substituents is 1. The third-order valence-electron chi connectivity index (χ3n) is 4.81. The van der Waals surface area contributed by atoms with E-state index in [0.717, 1.165) is 31.0 Å². The maximum absolute atomic E-state index is 12.6. The molecule has 0 aliphatic carbocycles. The summed E-state index contributed by atoms with van der Waals surface area (Å²) in [6.45, 7) is -0.987. The van der Waals surface area contributed by atoms with Gasteiger partial charge in [-0.25, -0.2) is 0 Å². The van der Waals surface area contributed by atoms with Crippen LogP contribution in [0.15, 0.2) is 42.5 Å². The molecule has 11 heteroatoms. The Labute approximate surface area is 181 Å². The van der Waals surface area contributed by atoms with E-state index in [0.29, 0.717) is 24.2 Å². The lowest BCUT2D eigenvalue weighted by atomic mass is 10.1. The van der Waals surface area contributed by atoms with Gasteiger partial charge in [-0.2, -0.15) is 13.2 Å². The summed E-state index contributed by atoms with van der Waals surface area (Å²) in [4.78, 5) is 36.8. The number of rotatable bonds is 7. The molecule has 0 unspecified atom stereocenters. The minimum absolute atomic E-state index is 0.000502. The van der Waals surface area contributed by atoms with Crippen LogP contribution in [0.2, 0.25) is 0 Å². The van der Waals surface area contributed by atoms with Crippen molar-refractivity contribution in [3.8, 4) is 5.75 Å². The predicted molar refractivity (Wildman–Crippen MR) is 108 cm³/mol. The number of anilines is 1. The molecule has 3 rings (SSSR count). The predicted octanol–water partition coefficient (Wildman–Crippen LogP) is 3.98. The van der Waals surface area contributed by atoms with E-state index in [-0.39, 0.29) is 18.2 Å². The number of piperidine rings is 1. The van der Waals surface area contributed by atoms with Crippen molar-refractivity contribution in [3.63, 3.8) is 0 Å². The molecule has 1 saturated heterocycles. The fourth-order valence-corrected chi connectivity index (χ4v) is 3.30. The zero-order valence-electron chi connectivity index (χ0n) is 16.9. The fraction of sp³-hybridized carbons (Fsp3) is 0.333. The fourth-order valence-electron chi connectivity index (χ4n) is 3.30. The topological polar surface area (TPSA) is 102 Å². The smallest absolute Gasteiger partial charge is 0.422 e. The Morgan fingerprint density at radius 1 is 1.19 bits per heavy atom. The second-order valence-corrected chi connectivity index (χ2v) is 7.19. The van der Waals surface area contributed by atoms with Crippen molar-refractivity contribution >= 4 is 23.2 Å². The quantitative estimate of drug-likeness (QED) is 0.507. The number of amides is 2. The van der Waals surface area contributed by atoms with Gasteiger partial charge in [0.1, 0.15) is 11.3 Å². The second-order valence-electron chi connectivity index (χ2n) is 7.19. The van der Waals surface area contributed by atoms with E-state index in [1.54, 1.807) is 29.2 Å².